The van der Waals surface area contributed by atoms with Crippen LogP contribution in [0, 0.1) is 0 Å². The molecule has 4 rings (SSSR count). The summed E-state index contributed by atoms with van der Waals surface area (Å²) in [7, 11) is 1.41. The Hall–Kier alpha value is -2.13. The number of nitrogens with one attached hydrogen (secondary N) is 2. The minimum Gasteiger partial charge on any atom is -0.465 e. The molecule has 0 radical (unpaired) electrons. The number of fused-ring (bicyclic) bond motifs is 1. The van der Waals surface area contributed by atoms with Gasteiger partial charge in [-0.2, -0.15) is 5.10 Å². The van der Waals surface area contributed by atoms with Crippen molar-refractivity contribution in [1.82, 2.24) is 9.78 Å². The fourth-order valence-corrected chi connectivity index (χ4v) is 5.94. The summed E-state index contributed by atoms with van der Waals surface area (Å²) in [5.41, 5.74) is 2.61. The third-order valence-corrected chi connectivity index (χ3v) is 7.52. The number of thiocarbonyl (C=S) groups is 1. The Kier molecular flexibility index (Phi) is 7.90. The van der Waals surface area contributed by atoms with Crippen LogP contribution >= 0.6 is 46.8 Å². The van der Waals surface area contributed by atoms with Crippen molar-refractivity contribution in [3.63, 3.8) is 0 Å². The Morgan fingerprint density at radius 3 is 2.73 bits per heavy atom. The number of anilines is 2. The fraction of sp³-hybridized carbons (Fsp3) is 0.348. The Bertz CT molecular complexity index is 1180. The molecule has 0 spiro atoms. The maximum Gasteiger partial charge on any atom is 0.341 e. The molecule has 0 saturated carbocycles. The van der Waals surface area contributed by atoms with E-state index in [0.717, 1.165) is 41.8 Å². The first-order valence-corrected chi connectivity index (χ1v) is 12.7. The number of hydrogen-bond donors (Lipinski definition) is 2. The molecular formula is C23H24Cl2N4O2S2. The zero-order valence-corrected chi connectivity index (χ0v) is 21.3. The van der Waals surface area contributed by atoms with Gasteiger partial charge in [-0.15, -0.1) is 11.3 Å². The van der Waals surface area contributed by atoms with E-state index in [2.05, 4.69) is 15.7 Å². The lowest BCUT2D eigenvalue weighted by atomic mass is 9.96. The van der Waals surface area contributed by atoms with Gasteiger partial charge >= 0.3 is 5.97 Å². The van der Waals surface area contributed by atoms with Crippen LogP contribution in [0.1, 0.15) is 52.0 Å². The van der Waals surface area contributed by atoms with E-state index in [9.17, 15) is 4.79 Å². The molecule has 33 heavy (non-hydrogen) atoms. The number of ether oxygens (including phenoxy) is 1. The molecule has 6 nitrogen and oxygen atoms in total. The third kappa shape index (κ3) is 5.87. The van der Waals surface area contributed by atoms with Gasteiger partial charge in [0, 0.05) is 27.2 Å². The summed E-state index contributed by atoms with van der Waals surface area (Å²) in [4.78, 5) is 13.8. The van der Waals surface area contributed by atoms with Crippen LogP contribution in [0.5, 0.6) is 0 Å². The van der Waals surface area contributed by atoms with E-state index in [-0.39, 0.29) is 5.97 Å². The van der Waals surface area contributed by atoms with E-state index < -0.39 is 0 Å². The molecule has 2 heterocycles. The average Bonchev–Trinajstić information content (AvgIpc) is 3.33. The lowest BCUT2D eigenvalue weighted by molar-refractivity contribution is 0.0601. The highest BCUT2D eigenvalue weighted by molar-refractivity contribution is 7.80. The number of aromatic nitrogens is 2. The predicted molar refractivity (Wildman–Crippen MR) is 139 cm³/mol. The number of nitrogens with zero attached hydrogens (tertiary/aromatic N) is 2. The number of halogens is 2. The summed E-state index contributed by atoms with van der Waals surface area (Å²) in [5, 5.41) is 13.1. The fourth-order valence-electron chi connectivity index (χ4n) is 3.92. The monoisotopic (exact) mass is 522 g/mol. The zero-order chi connectivity index (χ0) is 23.4. The van der Waals surface area contributed by atoms with Crippen LogP contribution in [0.15, 0.2) is 30.5 Å². The maximum absolute atomic E-state index is 12.6. The normalized spacial score (nSPS) is 13.5. The average molecular weight is 524 g/mol. The molecule has 174 valence electrons. The lowest BCUT2D eigenvalue weighted by Crippen LogP contribution is -2.20. The van der Waals surface area contributed by atoms with E-state index in [1.807, 2.05) is 18.3 Å². The van der Waals surface area contributed by atoms with E-state index in [0.29, 0.717) is 33.1 Å². The van der Waals surface area contributed by atoms with Crippen molar-refractivity contribution in [1.29, 1.82) is 0 Å². The predicted octanol–water partition coefficient (Wildman–Crippen LogP) is 6.55. The summed E-state index contributed by atoms with van der Waals surface area (Å²) >= 11 is 19.3. The molecule has 0 aliphatic heterocycles. The number of rotatable bonds is 5. The molecule has 1 aliphatic carbocycles. The van der Waals surface area contributed by atoms with E-state index >= 15 is 0 Å². The minimum absolute atomic E-state index is 0.331. The van der Waals surface area contributed by atoms with Crippen LogP contribution in [0.3, 0.4) is 0 Å². The van der Waals surface area contributed by atoms with Crippen LogP contribution in [0.25, 0.3) is 0 Å². The Morgan fingerprint density at radius 2 is 1.97 bits per heavy atom. The van der Waals surface area contributed by atoms with Gasteiger partial charge < -0.3 is 15.4 Å². The molecule has 0 bridgehead atoms. The maximum atomic E-state index is 12.6. The summed E-state index contributed by atoms with van der Waals surface area (Å²) < 4.78 is 6.84. The standard InChI is InChI=1S/C23H24Cl2N4O2S2/c1-31-22(30)20-16-6-4-2-3-5-7-18(16)33-21(20)27-23(32)26-19-10-11-29(28-19)13-14-8-9-15(24)12-17(14)25/h8-12H,2-7,13H2,1H3,(H2,26,27,28,32). The third-order valence-electron chi connectivity index (χ3n) is 5.52. The topological polar surface area (TPSA) is 68.2 Å². The van der Waals surface area contributed by atoms with Crippen LogP contribution in [0.2, 0.25) is 10.0 Å². The van der Waals surface area contributed by atoms with E-state index in [4.69, 9.17) is 40.2 Å². The summed E-state index contributed by atoms with van der Waals surface area (Å²) in [6.45, 7) is 0.502. The van der Waals surface area contributed by atoms with Gasteiger partial charge in [-0.05, 0) is 61.2 Å². The first kappa shape index (κ1) is 24.0. The number of hydrogen-bond acceptors (Lipinski definition) is 5. The van der Waals surface area contributed by atoms with Gasteiger partial charge in [0.15, 0.2) is 10.9 Å². The molecule has 0 amide bonds. The van der Waals surface area contributed by atoms with Crippen molar-refractivity contribution in [2.24, 2.45) is 0 Å². The van der Waals surface area contributed by atoms with Gasteiger partial charge in [0.1, 0.15) is 5.00 Å². The number of carbonyl (C=O) groups is 1. The second kappa shape index (κ2) is 10.9. The molecule has 1 aliphatic rings. The Balaban J connectivity index is 1.47. The second-order valence-corrected chi connectivity index (χ2v) is 10.2. The van der Waals surface area contributed by atoms with Gasteiger partial charge in [0.05, 0.1) is 19.2 Å². The van der Waals surface area contributed by atoms with Crippen LogP contribution < -0.4 is 10.6 Å². The van der Waals surface area contributed by atoms with Crippen LogP contribution in [-0.2, 0) is 24.1 Å². The smallest absolute Gasteiger partial charge is 0.341 e. The molecule has 0 saturated heterocycles. The molecular weight excluding hydrogens is 499 g/mol. The van der Waals surface area contributed by atoms with Crippen molar-refractivity contribution in [2.75, 3.05) is 17.7 Å². The quantitative estimate of drug-likeness (QED) is 0.292. The van der Waals surface area contributed by atoms with Gasteiger partial charge in [-0.3, -0.25) is 4.68 Å². The van der Waals surface area contributed by atoms with Crippen molar-refractivity contribution in [2.45, 2.75) is 45.1 Å². The zero-order valence-electron chi connectivity index (χ0n) is 18.1. The highest BCUT2D eigenvalue weighted by Gasteiger charge is 2.25. The first-order valence-electron chi connectivity index (χ1n) is 10.7. The lowest BCUT2D eigenvalue weighted by Gasteiger charge is -2.11. The van der Waals surface area contributed by atoms with Gasteiger partial charge in [0.2, 0.25) is 0 Å². The first-order chi connectivity index (χ1) is 15.9. The summed E-state index contributed by atoms with van der Waals surface area (Å²) in [6.07, 6.45) is 8.31. The van der Waals surface area contributed by atoms with Gasteiger partial charge in [-0.25, -0.2) is 4.79 Å². The Morgan fingerprint density at radius 1 is 1.18 bits per heavy atom. The van der Waals surface area contributed by atoms with Crippen molar-refractivity contribution in [3.8, 4) is 0 Å². The van der Waals surface area contributed by atoms with E-state index in [1.165, 1.54) is 24.8 Å². The number of methoxy groups -OCH3 is 1. The number of aryl methyl sites for hydroxylation is 1. The largest absolute Gasteiger partial charge is 0.465 e. The molecule has 1 aromatic carbocycles. The SMILES string of the molecule is COC(=O)c1c(NC(=S)Nc2ccn(Cc3ccc(Cl)cc3Cl)n2)sc2c1CCCCCC2. The molecule has 0 atom stereocenters. The van der Waals surface area contributed by atoms with Gasteiger partial charge in [-0.1, -0.05) is 42.1 Å². The minimum atomic E-state index is -0.331. The Labute approximate surface area is 212 Å². The van der Waals surface area contributed by atoms with Gasteiger partial charge in [0.25, 0.3) is 0 Å². The molecule has 10 heteroatoms. The molecule has 0 unspecified atom stereocenters. The number of thiophene rings is 1. The number of carbonyl (C=O) groups excluding carboxylic acids is 1. The molecule has 2 N–H and O–H groups in total. The van der Waals surface area contributed by atoms with Crippen molar-refractivity contribution in [3.05, 3.63) is 62.1 Å². The highest BCUT2D eigenvalue weighted by atomic mass is 35.5. The summed E-state index contributed by atoms with van der Waals surface area (Å²) in [5.74, 6) is 0.259. The van der Waals surface area contributed by atoms with Crippen molar-refractivity contribution < 1.29 is 9.53 Å². The number of benzene rings is 1. The summed E-state index contributed by atoms with van der Waals surface area (Å²) in [6, 6.07) is 7.22. The second-order valence-electron chi connectivity index (χ2n) is 7.83. The molecule has 3 aromatic rings. The highest BCUT2D eigenvalue weighted by Crippen LogP contribution is 2.37. The van der Waals surface area contributed by atoms with E-state index in [1.54, 1.807) is 28.2 Å². The molecule has 2 aromatic heterocycles. The van der Waals surface area contributed by atoms with Crippen LogP contribution in [0.4, 0.5) is 10.8 Å². The number of esters is 1. The molecule has 0 fully saturated rings. The van der Waals surface area contributed by atoms with Crippen molar-refractivity contribution >= 4 is 68.7 Å². The van der Waals surface area contributed by atoms with Crippen LogP contribution in [-0.4, -0.2) is 28.0 Å².